The summed E-state index contributed by atoms with van der Waals surface area (Å²) in [6, 6.07) is 5.25. The van der Waals surface area contributed by atoms with E-state index in [9.17, 15) is 4.79 Å². The Morgan fingerprint density at radius 2 is 2.20 bits per heavy atom. The predicted octanol–water partition coefficient (Wildman–Crippen LogP) is 2.24. The number of carbonyl (C=O) groups is 1. The molecule has 0 atom stereocenters. The van der Waals surface area contributed by atoms with Gasteiger partial charge in [0.05, 0.1) is 11.8 Å². The van der Waals surface area contributed by atoms with Crippen molar-refractivity contribution < 1.29 is 4.79 Å². The molecule has 0 aliphatic rings. The second kappa shape index (κ2) is 5.54. The third-order valence-electron chi connectivity index (χ3n) is 3.29. The molecule has 1 amide bonds. The number of amides is 1. The number of nitrogens with zero attached hydrogens (tertiary/aromatic N) is 3. The number of benzene rings is 1. The van der Waals surface area contributed by atoms with Crippen LogP contribution in [0.3, 0.4) is 0 Å². The summed E-state index contributed by atoms with van der Waals surface area (Å²) in [4.78, 5) is 14.0. The fraction of sp³-hybridized carbons (Fsp3) is 0.286. The number of hydrogen-bond acceptors (Lipinski definition) is 3. The maximum Gasteiger partial charge on any atom is 0.257 e. The zero-order chi connectivity index (χ0) is 14.9. The first-order chi connectivity index (χ1) is 9.40. The van der Waals surface area contributed by atoms with E-state index in [1.165, 1.54) is 0 Å². The number of hydrogen-bond donors (Lipinski definition) is 1. The van der Waals surface area contributed by atoms with Gasteiger partial charge in [-0.2, -0.15) is 5.10 Å². The summed E-state index contributed by atoms with van der Waals surface area (Å²) in [7, 11) is 3.54. The van der Waals surface area contributed by atoms with Crippen LogP contribution in [0, 0.1) is 6.92 Å². The lowest BCUT2D eigenvalue weighted by Gasteiger charge is -2.18. The Morgan fingerprint density at radius 1 is 1.50 bits per heavy atom. The van der Waals surface area contributed by atoms with E-state index in [2.05, 4.69) is 5.10 Å². The van der Waals surface area contributed by atoms with Crippen LogP contribution in [0.2, 0.25) is 5.02 Å². The van der Waals surface area contributed by atoms with E-state index in [4.69, 9.17) is 17.3 Å². The number of anilines is 1. The first kappa shape index (κ1) is 14.4. The molecule has 0 unspecified atom stereocenters. The molecule has 1 heterocycles. The van der Waals surface area contributed by atoms with Crippen LogP contribution in [0.5, 0.6) is 0 Å². The molecule has 5 nitrogen and oxygen atoms in total. The first-order valence-corrected chi connectivity index (χ1v) is 6.56. The van der Waals surface area contributed by atoms with Crippen LogP contribution < -0.4 is 5.73 Å². The van der Waals surface area contributed by atoms with E-state index < -0.39 is 0 Å². The Kier molecular flexibility index (Phi) is 3.99. The molecule has 2 rings (SSSR count). The van der Waals surface area contributed by atoms with Gasteiger partial charge < -0.3 is 10.6 Å². The van der Waals surface area contributed by atoms with Gasteiger partial charge in [0.2, 0.25) is 0 Å². The highest BCUT2D eigenvalue weighted by atomic mass is 35.5. The average Bonchev–Trinajstić information content (AvgIpc) is 2.73. The van der Waals surface area contributed by atoms with E-state index >= 15 is 0 Å². The molecule has 0 aliphatic carbocycles. The summed E-state index contributed by atoms with van der Waals surface area (Å²) in [5, 5.41) is 4.68. The van der Waals surface area contributed by atoms with Gasteiger partial charge in [0.25, 0.3) is 5.91 Å². The number of aryl methyl sites for hydroxylation is 1. The molecule has 0 bridgehead atoms. The normalized spacial score (nSPS) is 10.6. The van der Waals surface area contributed by atoms with E-state index in [1.54, 1.807) is 48.1 Å². The fourth-order valence-corrected chi connectivity index (χ4v) is 2.13. The molecule has 1 aromatic carbocycles. The van der Waals surface area contributed by atoms with Crippen molar-refractivity contribution >= 4 is 23.2 Å². The molecule has 0 saturated carbocycles. The monoisotopic (exact) mass is 292 g/mol. The van der Waals surface area contributed by atoms with Crippen molar-refractivity contribution in [2.45, 2.75) is 13.5 Å². The summed E-state index contributed by atoms with van der Waals surface area (Å²) in [5.41, 5.74) is 8.62. The van der Waals surface area contributed by atoms with Gasteiger partial charge in [0, 0.05) is 37.0 Å². The van der Waals surface area contributed by atoms with Gasteiger partial charge in [0.1, 0.15) is 0 Å². The maximum atomic E-state index is 12.4. The molecule has 2 aromatic rings. The molecule has 2 N–H and O–H groups in total. The third-order valence-corrected chi connectivity index (χ3v) is 3.66. The van der Waals surface area contributed by atoms with Crippen molar-refractivity contribution in [3.8, 4) is 0 Å². The Bertz CT molecular complexity index is 651. The second-order valence-corrected chi connectivity index (χ2v) is 5.19. The minimum Gasteiger partial charge on any atom is -0.399 e. The van der Waals surface area contributed by atoms with Crippen molar-refractivity contribution in [1.29, 1.82) is 0 Å². The van der Waals surface area contributed by atoms with Crippen LogP contribution in [0.4, 0.5) is 5.69 Å². The Morgan fingerprint density at radius 3 is 2.80 bits per heavy atom. The van der Waals surface area contributed by atoms with Gasteiger partial charge in [0.15, 0.2) is 0 Å². The van der Waals surface area contributed by atoms with Crippen LogP contribution in [0.1, 0.15) is 21.6 Å². The van der Waals surface area contributed by atoms with Gasteiger partial charge in [-0.05, 0) is 30.7 Å². The van der Waals surface area contributed by atoms with Crippen molar-refractivity contribution in [2.75, 3.05) is 12.8 Å². The number of rotatable bonds is 3. The molecule has 0 radical (unpaired) electrons. The molecule has 20 heavy (non-hydrogen) atoms. The lowest BCUT2D eigenvalue weighted by Crippen LogP contribution is -2.26. The van der Waals surface area contributed by atoms with Gasteiger partial charge in [-0.15, -0.1) is 0 Å². The van der Waals surface area contributed by atoms with Crippen LogP contribution in [-0.2, 0) is 13.6 Å². The van der Waals surface area contributed by atoms with E-state index in [1.807, 2.05) is 6.92 Å². The third kappa shape index (κ3) is 2.77. The van der Waals surface area contributed by atoms with Crippen molar-refractivity contribution in [1.82, 2.24) is 14.7 Å². The summed E-state index contributed by atoms with van der Waals surface area (Å²) in [6.45, 7) is 2.26. The first-order valence-electron chi connectivity index (χ1n) is 6.18. The van der Waals surface area contributed by atoms with E-state index in [0.717, 1.165) is 11.3 Å². The zero-order valence-electron chi connectivity index (χ0n) is 11.7. The van der Waals surface area contributed by atoms with Gasteiger partial charge >= 0.3 is 0 Å². The van der Waals surface area contributed by atoms with E-state index in [0.29, 0.717) is 22.8 Å². The molecule has 1 aromatic heterocycles. The second-order valence-electron chi connectivity index (χ2n) is 4.78. The average molecular weight is 293 g/mol. The van der Waals surface area contributed by atoms with Gasteiger partial charge in [-0.25, -0.2) is 0 Å². The highest BCUT2D eigenvalue weighted by molar-refractivity contribution is 6.31. The lowest BCUT2D eigenvalue weighted by molar-refractivity contribution is 0.0784. The van der Waals surface area contributed by atoms with Gasteiger partial charge in [-0.1, -0.05) is 11.6 Å². The predicted molar refractivity (Wildman–Crippen MR) is 79.6 cm³/mol. The smallest absolute Gasteiger partial charge is 0.257 e. The minimum absolute atomic E-state index is 0.0888. The maximum absolute atomic E-state index is 12.4. The highest BCUT2D eigenvalue weighted by Gasteiger charge is 2.18. The Hall–Kier alpha value is -2.01. The van der Waals surface area contributed by atoms with Crippen LogP contribution in [0.25, 0.3) is 0 Å². The number of carbonyl (C=O) groups excluding carboxylic acids is 1. The highest BCUT2D eigenvalue weighted by Crippen LogP contribution is 2.21. The summed E-state index contributed by atoms with van der Waals surface area (Å²) in [6.07, 6.45) is 1.58. The molecule has 6 heteroatoms. The van der Waals surface area contributed by atoms with Crippen LogP contribution in [-0.4, -0.2) is 27.6 Å². The molecule has 106 valence electrons. The van der Waals surface area contributed by atoms with Crippen molar-refractivity contribution in [2.24, 2.45) is 7.05 Å². The molecular weight excluding hydrogens is 276 g/mol. The topological polar surface area (TPSA) is 64.2 Å². The Labute approximate surface area is 122 Å². The summed E-state index contributed by atoms with van der Waals surface area (Å²) < 4.78 is 1.68. The van der Waals surface area contributed by atoms with Crippen LogP contribution >= 0.6 is 11.6 Å². The lowest BCUT2D eigenvalue weighted by atomic mass is 10.1. The number of aromatic nitrogens is 2. The molecule has 0 saturated heterocycles. The van der Waals surface area contributed by atoms with Crippen molar-refractivity contribution in [3.63, 3.8) is 0 Å². The van der Waals surface area contributed by atoms with Crippen LogP contribution in [0.15, 0.2) is 24.4 Å². The number of nitrogen functional groups attached to an aromatic ring is 1. The number of halogens is 1. The minimum atomic E-state index is -0.0888. The van der Waals surface area contributed by atoms with E-state index in [-0.39, 0.29) is 5.91 Å². The molecule has 0 aliphatic heterocycles. The number of nitrogens with two attached hydrogens (primary N) is 1. The molecule has 0 spiro atoms. The summed E-state index contributed by atoms with van der Waals surface area (Å²) >= 11 is 6.12. The summed E-state index contributed by atoms with van der Waals surface area (Å²) in [5.74, 6) is -0.0888. The quantitative estimate of drug-likeness (QED) is 0.882. The molecular formula is C14H17ClN4O. The SMILES string of the molecule is Cc1c(C(=O)N(C)Cc2cc(N)ccc2Cl)cnn1C. The standard InChI is InChI=1S/C14H17ClN4O/c1-9-12(7-17-19(9)3)14(20)18(2)8-10-6-11(16)4-5-13(10)15/h4-7H,8,16H2,1-3H3. The van der Waals surface area contributed by atoms with Gasteiger partial charge in [-0.3, -0.25) is 9.48 Å². The van der Waals surface area contributed by atoms with Crippen molar-refractivity contribution in [3.05, 3.63) is 46.2 Å². The zero-order valence-corrected chi connectivity index (χ0v) is 12.5. The largest absolute Gasteiger partial charge is 0.399 e. The molecule has 0 fully saturated rings. The fourth-order valence-electron chi connectivity index (χ4n) is 1.96. The Balaban J connectivity index is 2.20.